The molecule has 0 spiro atoms. The molecule has 3 fully saturated rings. The molecular formula is C23H29FN2O4. The summed E-state index contributed by atoms with van der Waals surface area (Å²) in [5, 5.41) is 0. The summed E-state index contributed by atoms with van der Waals surface area (Å²) < 4.78 is 18.9. The van der Waals surface area contributed by atoms with Gasteiger partial charge >= 0.3 is 0 Å². The molecule has 6 nitrogen and oxygen atoms in total. The Bertz CT molecular complexity index is 860. The van der Waals surface area contributed by atoms with E-state index < -0.39 is 5.41 Å². The number of halogens is 1. The molecule has 2 bridgehead atoms. The molecule has 4 rings (SSSR count). The number of nitrogens with zero attached hydrogens (tertiary/aromatic N) is 2. The van der Waals surface area contributed by atoms with Gasteiger partial charge in [-0.25, -0.2) is 4.39 Å². The smallest absolute Gasteiger partial charge is 0.242 e. The highest BCUT2D eigenvalue weighted by Crippen LogP contribution is 2.59. The molecule has 1 aliphatic carbocycles. The van der Waals surface area contributed by atoms with Crippen molar-refractivity contribution in [1.82, 2.24) is 9.80 Å². The third-order valence-corrected chi connectivity index (χ3v) is 7.71. The molecule has 0 aromatic heterocycles. The second-order valence-electron chi connectivity index (χ2n) is 9.53. The van der Waals surface area contributed by atoms with Gasteiger partial charge in [-0.1, -0.05) is 20.8 Å². The van der Waals surface area contributed by atoms with Gasteiger partial charge in [0, 0.05) is 31.8 Å². The van der Waals surface area contributed by atoms with Crippen molar-refractivity contribution in [1.29, 1.82) is 0 Å². The predicted molar refractivity (Wildman–Crippen MR) is 108 cm³/mol. The van der Waals surface area contributed by atoms with Gasteiger partial charge in [0.2, 0.25) is 17.7 Å². The van der Waals surface area contributed by atoms with Crippen molar-refractivity contribution in [3.05, 3.63) is 30.1 Å². The summed E-state index contributed by atoms with van der Waals surface area (Å²) in [6.45, 7) is 6.75. The number of ether oxygens (including phenoxy) is 1. The van der Waals surface area contributed by atoms with Crippen molar-refractivity contribution in [3.8, 4) is 5.75 Å². The van der Waals surface area contributed by atoms with Crippen molar-refractivity contribution in [2.24, 2.45) is 16.7 Å². The second-order valence-corrected chi connectivity index (χ2v) is 9.53. The van der Waals surface area contributed by atoms with E-state index in [1.807, 2.05) is 20.8 Å². The number of carbonyl (C=O) groups is 3. The highest BCUT2D eigenvalue weighted by molar-refractivity contribution is 6.06. The normalized spacial score (nSPS) is 28.7. The Morgan fingerprint density at radius 3 is 2.37 bits per heavy atom. The molecule has 0 N–H and O–H groups in total. The average molecular weight is 416 g/mol. The van der Waals surface area contributed by atoms with Gasteiger partial charge in [0.1, 0.15) is 24.2 Å². The van der Waals surface area contributed by atoms with E-state index in [1.54, 1.807) is 17.0 Å². The van der Waals surface area contributed by atoms with Gasteiger partial charge in [0.15, 0.2) is 0 Å². The molecule has 3 amide bonds. The predicted octanol–water partition coefficient (Wildman–Crippen LogP) is 3.01. The van der Waals surface area contributed by atoms with E-state index in [0.29, 0.717) is 44.5 Å². The number of hydrogen-bond acceptors (Lipinski definition) is 4. The van der Waals surface area contributed by atoms with E-state index >= 15 is 0 Å². The molecule has 2 saturated heterocycles. The monoisotopic (exact) mass is 416 g/mol. The zero-order chi connectivity index (χ0) is 21.7. The Morgan fingerprint density at radius 2 is 1.73 bits per heavy atom. The van der Waals surface area contributed by atoms with Crippen LogP contribution in [0.15, 0.2) is 24.3 Å². The molecule has 30 heavy (non-hydrogen) atoms. The van der Waals surface area contributed by atoms with Crippen molar-refractivity contribution >= 4 is 17.7 Å². The van der Waals surface area contributed by atoms with E-state index in [4.69, 9.17) is 4.74 Å². The number of piperidine rings is 2. The maximum Gasteiger partial charge on any atom is 0.242 e. The van der Waals surface area contributed by atoms with Crippen molar-refractivity contribution in [2.75, 3.05) is 19.6 Å². The van der Waals surface area contributed by atoms with Crippen LogP contribution in [0, 0.1) is 22.6 Å². The van der Waals surface area contributed by atoms with E-state index in [-0.39, 0.29) is 47.5 Å². The molecule has 1 aromatic carbocycles. The number of fused-ring (bicyclic) bond motifs is 2. The van der Waals surface area contributed by atoms with Crippen molar-refractivity contribution < 1.29 is 23.5 Å². The summed E-state index contributed by atoms with van der Waals surface area (Å²) >= 11 is 0. The summed E-state index contributed by atoms with van der Waals surface area (Å²) in [6.07, 6.45) is 2.64. The highest BCUT2D eigenvalue weighted by Gasteiger charge is 2.64. The molecule has 2 heterocycles. The average Bonchev–Trinajstić information content (AvgIpc) is 2.91. The first-order valence-corrected chi connectivity index (χ1v) is 10.7. The zero-order valence-electron chi connectivity index (χ0n) is 17.8. The minimum Gasteiger partial charge on any atom is -0.490 e. The lowest BCUT2D eigenvalue weighted by atomic mass is 9.62. The van der Waals surface area contributed by atoms with Crippen molar-refractivity contribution in [3.63, 3.8) is 0 Å². The van der Waals surface area contributed by atoms with Crippen LogP contribution in [0.25, 0.3) is 0 Å². The van der Waals surface area contributed by atoms with Crippen LogP contribution in [0.1, 0.15) is 46.5 Å². The van der Waals surface area contributed by atoms with Gasteiger partial charge in [-0.05, 0) is 42.5 Å². The van der Waals surface area contributed by atoms with Gasteiger partial charge in [0.25, 0.3) is 0 Å². The van der Waals surface area contributed by atoms with Crippen LogP contribution >= 0.6 is 0 Å². The van der Waals surface area contributed by atoms with Gasteiger partial charge < -0.3 is 9.64 Å². The Balaban J connectivity index is 1.34. The topological polar surface area (TPSA) is 66.9 Å². The molecule has 1 saturated carbocycles. The standard InChI is InChI=1S/C23H29FN2O4/c1-22(2)18-8-11-23(22,3)21(29)26(20(18)28)14-19(27)25-12-9-17(10-13-25)30-16-6-4-15(24)5-7-16/h4-7,17-18H,8-14H2,1-3H3/t18-,23+/m0/s1. The lowest BCUT2D eigenvalue weighted by molar-refractivity contribution is -0.170. The fourth-order valence-corrected chi connectivity index (χ4v) is 5.21. The molecule has 0 radical (unpaired) electrons. The van der Waals surface area contributed by atoms with Crippen LogP contribution < -0.4 is 4.74 Å². The first-order valence-electron chi connectivity index (χ1n) is 10.7. The number of rotatable bonds is 4. The van der Waals surface area contributed by atoms with Gasteiger partial charge in [-0.2, -0.15) is 0 Å². The lowest BCUT2D eigenvalue weighted by Crippen LogP contribution is -2.61. The van der Waals surface area contributed by atoms with Crippen LogP contribution in [-0.4, -0.2) is 53.3 Å². The van der Waals surface area contributed by atoms with E-state index in [0.717, 1.165) is 0 Å². The third-order valence-electron chi connectivity index (χ3n) is 7.71. The van der Waals surface area contributed by atoms with E-state index in [2.05, 4.69) is 0 Å². The maximum absolute atomic E-state index is 13.1. The minimum atomic E-state index is -0.595. The Labute approximate surface area is 176 Å². The molecule has 2 atom stereocenters. The van der Waals surface area contributed by atoms with Crippen LogP contribution in [0.5, 0.6) is 5.75 Å². The van der Waals surface area contributed by atoms with E-state index in [9.17, 15) is 18.8 Å². The molecule has 7 heteroatoms. The van der Waals surface area contributed by atoms with Crippen LogP contribution in [-0.2, 0) is 14.4 Å². The largest absolute Gasteiger partial charge is 0.490 e. The number of carbonyl (C=O) groups excluding carboxylic acids is 3. The summed E-state index contributed by atoms with van der Waals surface area (Å²) in [7, 11) is 0. The first-order chi connectivity index (χ1) is 14.1. The minimum absolute atomic E-state index is 0.0479. The number of imide groups is 1. The maximum atomic E-state index is 13.1. The highest BCUT2D eigenvalue weighted by atomic mass is 19.1. The number of amides is 3. The third kappa shape index (κ3) is 3.28. The van der Waals surface area contributed by atoms with Crippen molar-refractivity contribution in [2.45, 2.75) is 52.6 Å². The first kappa shape index (κ1) is 20.8. The quantitative estimate of drug-likeness (QED) is 0.708. The van der Waals surface area contributed by atoms with Gasteiger partial charge in [-0.3, -0.25) is 19.3 Å². The molecule has 2 aliphatic heterocycles. The summed E-state index contributed by atoms with van der Waals surface area (Å²) in [5.74, 6) is -0.522. The number of likely N-dealkylation sites (tertiary alicyclic amines) is 2. The second kappa shape index (κ2) is 7.36. The van der Waals surface area contributed by atoms with E-state index in [1.165, 1.54) is 17.0 Å². The number of benzene rings is 1. The van der Waals surface area contributed by atoms with Gasteiger partial charge in [0.05, 0.1) is 5.41 Å². The van der Waals surface area contributed by atoms with Crippen LogP contribution in [0.4, 0.5) is 4.39 Å². The fraction of sp³-hybridized carbons (Fsp3) is 0.609. The molecule has 0 unspecified atom stereocenters. The molecule has 3 aliphatic rings. The fourth-order valence-electron chi connectivity index (χ4n) is 5.21. The Morgan fingerprint density at radius 1 is 1.10 bits per heavy atom. The summed E-state index contributed by atoms with van der Waals surface area (Å²) in [5.41, 5.74) is -0.974. The lowest BCUT2D eigenvalue weighted by Gasteiger charge is -2.47. The summed E-state index contributed by atoms with van der Waals surface area (Å²) in [4.78, 5) is 41.8. The zero-order valence-corrected chi connectivity index (χ0v) is 17.8. The molecular weight excluding hydrogens is 387 g/mol. The molecule has 162 valence electrons. The SMILES string of the molecule is CC1(C)[C@H]2CC[C@]1(C)C(=O)N(CC(=O)N1CCC(Oc3ccc(F)cc3)CC1)C2=O. The van der Waals surface area contributed by atoms with Crippen LogP contribution in [0.3, 0.4) is 0 Å². The Kier molecular flexibility index (Phi) is 5.11. The molecule has 1 aromatic rings. The van der Waals surface area contributed by atoms with Gasteiger partial charge in [-0.15, -0.1) is 0 Å². The summed E-state index contributed by atoms with van der Waals surface area (Å²) in [6, 6.07) is 5.90. The number of hydrogen-bond donors (Lipinski definition) is 0. The Hall–Kier alpha value is -2.44. The van der Waals surface area contributed by atoms with Crippen LogP contribution in [0.2, 0.25) is 0 Å².